The van der Waals surface area contributed by atoms with E-state index in [9.17, 15) is 19.3 Å². The molecule has 51 heavy (non-hydrogen) atoms. The minimum Gasteiger partial charge on any atom is -0.497 e. The van der Waals surface area contributed by atoms with Gasteiger partial charge >= 0.3 is 7.60 Å². The summed E-state index contributed by atoms with van der Waals surface area (Å²) in [6, 6.07) is 3.87. The number of methoxy groups -OCH3 is 2. The van der Waals surface area contributed by atoms with Gasteiger partial charge in [0.1, 0.15) is 17.5 Å². The number of hydrogen-bond acceptors (Lipinski definition) is 10. The average Bonchev–Trinajstić information content (AvgIpc) is 3.09. The Morgan fingerprint density at radius 1 is 1.00 bits per heavy atom. The molecule has 0 bridgehead atoms. The van der Waals surface area contributed by atoms with Crippen LogP contribution in [-0.4, -0.2) is 87.6 Å². The number of allylic oxidation sites excluding steroid dienone is 2. The van der Waals surface area contributed by atoms with E-state index in [0.29, 0.717) is 38.5 Å². The molecule has 1 heterocycles. The number of carbonyl (C=O) groups excluding carboxylic acids is 2. The van der Waals surface area contributed by atoms with E-state index in [1.807, 2.05) is 44.0 Å². The standard InChI is InChI=1S/C38H66N3O9P/c1-9-17-30-19-16-14-12-13-15-18-29(26-48-27-41(6)25-31-20-21-32(46-7)24-35(31)47-8)23-34(38(44)51(45,49-10-2)50-11-3)40-37(43)33(22-28(4)5)39-36(30)42/h13,15,20-21,24,28-30,33-34,38,44H,9-12,14,16-19,22-23,25-27H2,1-8H3,(H,39,42)(H,40,43)/b15-13+/t29?,30?,33-,34-,38?/m0/s1. The Bertz CT molecular complexity index is 1240. The van der Waals surface area contributed by atoms with Gasteiger partial charge < -0.3 is 39.0 Å². The minimum atomic E-state index is -4.05. The van der Waals surface area contributed by atoms with Crippen molar-refractivity contribution in [1.29, 1.82) is 0 Å². The van der Waals surface area contributed by atoms with Gasteiger partial charge in [-0.05, 0) is 83.7 Å². The van der Waals surface area contributed by atoms with Gasteiger partial charge in [0.25, 0.3) is 0 Å². The zero-order valence-corrected chi connectivity index (χ0v) is 33.3. The molecule has 3 N–H and O–H groups in total. The van der Waals surface area contributed by atoms with Crippen molar-refractivity contribution in [2.24, 2.45) is 17.8 Å². The molecule has 3 unspecified atom stereocenters. The molecule has 0 saturated carbocycles. The van der Waals surface area contributed by atoms with Gasteiger partial charge in [-0.1, -0.05) is 51.8 Å². The van der Waals surface area contributed by atoms with E-state index in [2.05, 4.69) is 29.7 Å². The van der Waals surface area contributed by atoms with Gasteiger partial charge in [0.15, 0.2) is 5.85 Å². The summed E-state index contributed by atoms with van der Waals surface area (Å²) in [5.74, 6) is -1.01. The fourth-order valence-corrected chi connectivity index (χ4v) is 8.14. The number of aliphatic hydroxyl groups excluding tert-OH is 1. The molecule has 0 aliphatic carbocycles. The van der Waals surface area contributed by atoms with Gasteiger partial charge in [0.2, 0.25) is 11.8 Å². The third-order valence-electron chi connectivity index (χ3n) is 8.97. The zero-order chi connectivity index (χ0) is 37.8. The van der Waals surface area contributed by atoms with E-state index in [-0.39, 0.29) is 43.3 Å². The van der Waals surface area contributed by atoms with Crippen molar-refractivity contribution in [3.05, 3.63) is 35.9 Å². The number of benzene rings is 1. The quantitative estimate of drug-likeness (QED) is 0.0850. The van der Waals surface area contributed by atoms with Gasteiger partial charge in [0, 0.05) is 24.1 Å². The van der Waals surface area contributed by atoms with Gasteiger partial charge in [-0.15, -0.1) is 0 Å². The van der Waals surface area contributed by atoms with E-state index in [1.165, 1.54) is 0 Å². The molecule has 1 aliphatic heterocycles. The normalized spacial score (nSPS) is 22.7. The van der Waals surface area contributed by atoms with Crippen LogP contribution in [0.3, 0.4) is 0 Å². The van der Waals surface area contributed by atoms with Crippen LogP contribution < -0.4 is 20.1 Å². The molecule has 0 saturated heterocycles. The number of hydrogen-bond donors (Lipinski definition) is 3. The fourth-order valence-electron chi connectivity index (χ4n) is 6.40. The van der Waals surface area contributed by atoms with Crippen molar-refractivity contribution in [3.63, 3.8) is 0 Å². The SMILES string of the molecule is CCCC1CCCC/C=C/CC(COCN(C)Cc2ccc(OC)cc2OC)C[C@@H](C(O)P(=O)(OCC)OCC)NC(=O)[C@H](CC(C)C)NC1=O. The number of aliphatic hydroxyl groups is 1. The maximum absolute atomic E-state index is 14.0. The Kier molecular flexibility index (Phi) is 21.0. The highest BCUT2D eigenvalue weighted by Gasteiger charge is 2.42. The van der Waals surface area contributed by atoms with E-state index < -0.39 is 31.4 Å². The highest BCUT2D eigenvalue weighted by molar-refractivity contribution is 7.54. The summed E-state index contributed by atoms with van der Waals surface area (Å²) < 4.78 is 42.1. The third kappa shape index (κ3) is 15.6. The summed E-state index contributed by atoms with van der Waals surface area (Å²) in [4.78, 5) is 29.5. The molecule has 0 radical (unpaired) electrons. The number of carbonyl (C=O) groups is 2. The maximum Gasteiger partial charge on any atom is 0.360 e. The van der Waals surface area contributed by atoms with Crippen LogP contribution in [0.15, 0.2) is 30.4 Å². The molecule has 0 spiro atoms. The van der Waals surface area contributed by atoms with Crippen molar-refractivity contribution in [3.8, 4) is 11.5 Å². The molecule has 0 aromatic heterocycles. The fraction of sp³-hybridized carbons (Fsp3) is 0.737. The van der Waals surface area contributed by atoms with Crippen LogP contribution in [0.4, 0.5) is 0 Å². The van der Waals surface area contributed by atoms with Crippen LogP contribution in [-0.2, 0) is 34.5 Å². The van der Waals surface area contributed by atoms with E-state index >= 15 is 0 Å². The predicted octanol–water partition coefficient (Wildman–Crippen LogP) is 6.65. The van der Waals surface area contributed by atoms with Crippen molar-refractivity contribution >= 4 is 19.4 Å². The largest absolute Gasteiger partial charge is 0.497 e. The average molecular weight is 740 g/mol. The number of nitrogens with one attached hydrogen (secondary N) is 2. The number of amides is 2. The molecule has 1 aromatic rings. The smallest absolute Gasteiger partial charge is 0.360 e. The molecular formula is C38H66N3O9P. The van der Waals surface area contributed by atoms with Gasteiger partial charge in [0.05, 0.1) is 46.8 Å². The molecule has 1 aromatic carbocycles. The van der Waals surface area contributed by atoms with Crippen LogP contribution in [0.2, 0.25) is 0 Å². The van der Waals surface area contributed by atoms with E-state index in [4.69, 9.17) is 23.3 Å². The summed E-state index contributed by atoms with van der Waals surface area (Å²) >= 11 is 0. The number of nitrogens with zero attached hydrogens (tertiary/aromatic N) is 1. The van der Waals surface area contributed by atoms with Crippen LogP contribution in [0.1, 0.15) is 98.0 Å². The molecule has 2 rings (SSSR count). The second kappa shape index (κ2) is 24.0. The van der Waals surface area contributed by atoms with Gasteiger partial charge in [-0.2, -0.15) is 0 Å². The first-order valence-corrected chi connectivity index (χ1v) is 20.3. The topological polar surface area (TPSA) is 145 Å². The van der Waals surface area contributed by atoms with E-state index in [1.54, 1.807) is 28.1 Å². The van der Waals surface area contributed by atoms with Crippen LogP contribution in [0.5, 0.6) is 11.5 Å². The molecule has 0 fully saturated rings. The van der Waals surface area contributed by atoms with E-state index in [0.717, 1.165) is 49.8 Å². The summed E-state index contributed by atoms with van der Waals surface area (Å²) in [5, 5.41) is 17.7. The highest BCUT2D eigenvalue weighted by atomic mass is 31.2. The second-order valence-electron chi connectivity index (χ2n) is 13.9. The Morgan fingerprint density at radius 3 is 2.35 bits per heavy atom. The maximum atomic E-state index is 14.0. The van der Waals surface area contributed by atoms with Gasteiger partial charge in [-0.3, -0.25) is 19.1 Å². The lowest BCUT2D eigenvalue weighted by molar-refractivity contribution is -0.132. The summed E-state index contributed by atoms with van der Waals surface area (Å²) in [7, 11) is 1.14. The van der Waals surface area contributed by atoms with Crippen molar-refractivity contribution in [1.82, 2.24) is 15.5 Å². The van der Waals surface area contributed by atoms with Crippen LogP contribution >= 0.6 is 7.60 Å². The number of ether oxygens (including phenoxy) is 3. The molecule has 5 atom stereocenters. The molecule has 2 amide bonds. The molecule has 12 nitrogen and oxygen atoms in total. The summed E-state index contributed by atoms with van der Waals surface area (Å²) in [6.07, 6.45) is 10.6. The lowest BCUT2D eigenvalue weighted by atomic mass is 9.93. The molecule has 13 heteroatoms. The van der Waals surface area contributed by atoms with Crippen molar-refractivity contribution < 1.29 is 42.5 Å². The predicted molar refractivity (Wildman–Crippen MR) is 201 cm³/mol. The highest BCUT2D eigenvalue weighted by Crippen LogP contribution is 2.53. The summed E-state index contributed by atoms with van der Waals surface area (Å²) in [6.45, 7) is 10.7. The number of rotatable bonds is 18. The molecular weight excluding hydrogens is 673 g/mol. The van der Waals surface area contributed by atoms with Crippen molar-refractivity contribution in [2.75, 3.05) is 47.8 Å². The first-order valence-electron chi connectivity index (χ1n) is 18.7. The minimum absolute atomic E-state index is 0.0560. The summed E-state index contributed by atoms with van der Waals surface area (Å²) in [5.41, 5.74) is 0.981. The van der Waals surface area contributed by atoms with Crippen LogP contribution in [0, 0.1) is 17.8 Å². The second-order valence-corrected chi connectivity index (χ2v) is 16.0. The lowest BCUT2D eigenvalue weighted by Crippen LogP contribution is -2.54. The first-order chi connectivity index (χ1) is 24.4. The molecule has 1 aliphatic rings. The monoisotopic (exact) mass is 739 g/mol. The van der Waals surface area contributed by atoms with Gasteiger partial charge in [-0.25, -0.2) is 0 Å². The Labute approximate surface area is 306 Å². The van der Waals surface area contributed by atoms with Crippen molar-refractivity contribution in [2.45, 2.75) is 117 Å². The third-order valence-corrected chi connectivity index (χ3v) is 11.2. The van der Waals surface area contributed by atoms with Crippen LogP contribution in [0.25, 0.3) is 0 Å². The zero-order valence-electron chi connectivity index (χ0n) is 32.4. The Hall–Kier alpha value is -2.47. The Balaban J connectivity index is 2.38. The molecule has 292 valence electrons. The first kappa shape index (κ1) is 44.7. The Morgan fingerprint density at radius 2 is 1.73 bits per heavy atom. The lowest BCUT2D eigenvalue weighted by Gasteiger charge is -2.33.